The lowest BCUT2D eigenvalue weighted by Crippen LogP contribution is -2.15. The Morgan fingerprint density at radius 2 is 1.65 bits per heavy atom. The molecule has 0 saturated heterocycles. The highest BCUT2D eigenvalue weighted by atomic mass is 32.2. The van der Waals surface area contributed by atoms with Crippen molar-refractivity contribution in [3.8, 4) is 0 Å². The topological polar surface area (TPSA) is 158 Å². The molecule has 0 spiro atoms. The van der Waals surface area contributed by atoms with Crippen molar-refractivity contribution in [3.05, 3.63) is 62.7 Å². The molecule has 2 aromatic carbocycles. The van der Waals surface area contributed by atoms with Gasteiger partial charge in [0.1, 0.15) is 0 Å². The molecule has 0 aliphatic heterocycles. The first-order valence-electron chi connectivity index (χ1n) is 6.02. The van der Waals surface area contributed by atoms with Crippen LogP contribution in [0.25, 0.3) is 0 Å². The van der Waals surface area contributed by atoms with Gasteiger partial charge in [-0.1, -0.05) is 12.1 Å². The quantitative estimate of drug-likeness (QED) is 0.478. The Hall–Kier alpha value is -3.21. The van der Waals surface area contributed by atoms with Crippen LogP contribution in [0.2, 0.25) is 0 Å². The largest absolute Gasteiger partial charge is 0.399 e. The number of anilines is 2. The van der Waals surface area contributed by atoms with Crippen molar-refractivity contribution in [2.75, 3.05) is 10.5 Å². The molecule has 10 nitrogen and oxygen atoms in total. The van der Waals surface area contributed by atoms with Gasteiger partial charge in [0.05, 0.1) is 15.5 Å². The second-order valence-electron chi connectivity index (χ2n) is 4.37. The third-order valence-corrected chi connectivity index (χ3v) is 4.20. The summed E-state index contributed by atoms with van der Waals surface area (Å²) in [6.07, 6.45) is 0. The number of nitro groups is 2. The molecule has 120 valence electrons. The van der Waals surface area contributed by atoms with E-state index in [0.717, 1.165) is 18.2 Å². The smallest absolute Gasteiger partial charge is 0.366 e. The van der Waals surface area contributed by atoms with Crippen LogP contribution in [-0.2, 0) is 10.0 Å². The molecule has 0 aliphatic carbocycles. The monoisotopic (exact) mass is 338 g/mol. The third kappa shape index (κ3) is 3.35. The zero-order valence-corrected chi connectivity index (χ0v) is 12.2. The van der Waals surface area contributed by atoms with E-state index in [1.54, 1.807) is 0 Å². The Bertz CT molecular complexity index is 896. The Kier molecular flexibility index (Phi) is 4.14. The van der Waals surface area contributed by atoms with Gasteiger partial charge in [0.2, 0.25) is 0 Å². The van der Waals surface area contributed by atoms with E-state index < -0.39 is 36.1 Å². The molecular weight excluding hydrogens is 328 g/mol. The molecule has 0 atom stereocenters. The van der Waals surface area contributed by atoms with Crippen LogP contribution < -0.4 is 10.5 Å². The molecule has 0 saturated carbocycles. The summed E-state index contributed by atoms with van der Waals surface area (Å²) < 4.78 is 26.8. The summed E-state index contributed by atoms with van der Waals surface area (Å²) in [5.74, 6) is 0. The minimum atomic E-state index is -4.41. The van der Waals surface area contributed by atoms with Gasteiger partial charge in [-0.2, -0.15) is 0 Å². The lowest BCUT2D eigenvalue weighted by Gasteiger charge is -2.09. The van der Waals surface area contributed by atoms with Crippen molar-refractivity contribution in [3.63, 3.8) is 0 Å². The summed E-state index contributed by atoms with van der Waals surface area (Å²) in [5, 5.41) is 22.0. The predicted octanol–water partition coefficient (Wildman–Crippen LogP) is 1.89. The Morgan fingerprint density at radius 1 is 1.00 bits per heavy atom. The number of benzene rings is 2. The van der Waals surface area contributed by atoms with Gasteiger partial charge >= 0.3 is 11.4 Å². The van der Waals surface area contributed by atoms with Crippen LogP contribution >= 0.6 is 0 Å². The molecule has 0 bridgehead atoms. The van der Waals surface area contributed by atoms with E-state index in [-0.39, 0.29) is 11.4 Å². The van der Waals surface area contributed by atoms with E-state index >= 15 is 0 Å². The summed E-state index contributed by atoms with van der Waals surface area (Å²) >= 11 is 0. The van der Waals surface area contributed by atoms with E-state index in [9.17, 15) is 28.6 Å². The van der Waals surface area contributed by atoms with Gasteiger partial charge in [0.15, 0.2) is 4.90 Å². The average Bonchev–Trinajstić information content (AvgIpc) is 2.45. The second kappa shape index (κ2) is 5.88. The second-order valence-corrected chi connectivity index (χ2v) is 6.02. The van der Waals surface area contributed by atoms with Gasteiger partial charge in [-0.15, -0.1) is 0 Å². The minimum Gasteiger partial charge on any atom is -0.399 e. The van der Waals surface area contributed by atoms with Gasteiger partial charge < -0.3 is 5.73 Å². The van der Waals surface area contributed by atoms with Crippen molar-refractivity contribution in [2.45, 2.75) is 4.90 Å². The normalized spacial score (nSPS) is 11.0. The number of nitrogen functional groups attached to an aromatic ring is 1. The van der Waals surface area contributed by atoms with Crippen LogP contribution in [0.5, 0.6) is 0 Å². The molecule has 23 heavy (non-hydrogen) atoms. The first kappa shape index (κ1) is 16.2. The van der Waals surface area contributed by atoms with E-state index in [1.165, 1.54) is 24.3 Å². The lowest BCUT2D eigenvalue weighted by molar-refractivity contribution is -0.424. The third-order valence-electron chi connectivity index (χ3n) is 2.79. The zero-order valence-electron chi connectivity index (χ0n) is 11.4. The maximum Gasteiger partial charge on any atom is 0.366 e. The average molecular weight is 338 g/mol. The van der Waals surface area contributed by atoms with E-state index in [1.807, 2.05) is 0 Å². The van der Waals surface area contributed by atoms with Crippen LogP contribution in [0.4, 0.5) is 22.7 Å². The minimum absolute atomic E-state index is 0.0748. The number of hydrogen-bond acceptors (Lipinski definition) is 7. The molecule has 0 fully saturated rings. The highest BCUT2D eigenvalue weighted by Crippen LogP contribution is 2.34. The fourth-order valence-corrected chi connectivity index (χ4v) is 3.11. The van der Waals surface area contributed by atoms with E-state index in [0.29, 0.717) is 0 Å². The molecule has 2 rings (SSSR count). The van der Waals surface area contributed by atoms with Crippen molar-refractivity contribution in [2.24, 2.45) is 0 Å². The summed E-state index contributed by atoms with van der Waals surface area (Å²) in [5.41, 5.74) is 3.86. The number of hydrogen-bond donors (Lipinski definition) is 2. The van der Waals surface area contributed by atoms with Crippen LogP contribution in [0, 0.1) is 20.2 Å². The van der Waals surface area contributed by atoms with Gasteiger partial charge in [0.25, 0.3) is 10.0 Å². The zero-order chi connectivity index (χ0) is 17.2. The number of sulfonamides is 1. The van der Waals surface area contributed by atoms with Gasteiger partial charge in [-0.3, -0.25) is 25.0 Å². The molecule has 0 amide bonds. The maximum absolute atomic E-state index is 12.3. The molecule has 0 radical (unpaired) electrons. The lowest BCUT2D eigenvalue weighted by atomic mass is 10.3. The molecule has 11 heteroatoms. The number of nitrogens with two attached hydrogens (primary N) is 1. The first-order chi connectivity index (χ1) is 10.7. The number of nitrogens with zero attached hydrogens (tertiary/aromatic N) is 2. The molecule has 0 aromatic heterocycles. The summed E-state index contributed by atoms with van der Waals surface area (Å²) in [7, 11) is -4.41. The van der Waals surface area contributed by atoms with E-state index in [2.05, 4.69) is 4.72 Å². The molecule has 2 aromatic rings. The fourth-order valence-electron chi connectivity index (χ4n) is 1.87. The van der Waals surface area contributed by atoms with Crippen molar-refractivity contribution >= 4 is 32.8 Å². The maximum atomic E-state index is 12.3. The molecule has 0 unspecified atom stereocenters. The predicted molar refractivity (Wildman–Crippen MR) is 81.4 cm³/mol. The fraction of sp³-hybridized carbons (Fsp3) is 0. The van der Waals surface area contributed by atoms with E-state index in [4.69, 9.17) is 5.73 Å². The highest BCUT2D eigenvalue weighted by molar-refractivity contribution is 7.92. The Balaban J connectivity index is 2.58. The summed E-state index contributed by atoms with van der Waals surface area (Å²) in [6.45, 7) is 0. The number of rotatable bonds is 5. The number of nitro benzene ring substituents is 2. The SMILES string of the molecule is Nc1cccc(NS(=O)(=O)c2cccc([N+](=O)[O-])c2[N+](=O)[O-])c1. The van der Waals surface area contributed by atoms with Crippen LogP contribution in [0.15, 0.2) is 47.4 Å². The first-order valence-corrected chi connectivity index (χ1v) is 7.51. The highest BCUT2D eigenvalue weighted by Gasteiger charge is 2.34. The van der Waals surface area contributed by atoms with Crippen LogP contribution in [-0.4, -0.2) is 18.3 Å². The standard InChI is InChI=1S/C12H10N4O6S/c13-8-3-1-4-9(7-8)14-23(21,22)11-6-2-5-10(15(17)18)12(11)16(19)20/h1-7,14H,13H2. The van der Waals surface area contributed by atoms with Crippen molar-refractivity contribution in [1.82, 2.24) is 0 Å². The Morgan fingerprint density at radius 3 is 2.22 bits per heavy atom. The van der Waals surface area contributed by atoms with Gasteiger partial charge in [0, 0.05) is 11.8 Å². The Labute approximate surface area is 129 Å². The van der Waals surface area contributed by atoms with Crippen LogP contribution in [0.1, 0.15) is 0 Å². The molecule has 0 heterocycles. The van der Waals surface area contributed by atoms with Gasteiger partial charge in [-0.25, -0.2) is 8.42 Å². The molecule has 3 N–H and O–H groups in total. The van der Waals surface area contributed by atoms with Crippen molar-refractivity contribution < 1.29 is 18.3 Å². The van der Waals surface area contributed by atoms with Gasteiger partial charge in [-0.05, 0) is 24.3 Å². The van der Waals surface area contributed by atoms with Crippen LogP contribution in [0.3, 0.4) is 0 Å². The summed E-state index contributed by atoms with van der Waals surface area (Å²) in [6, 6.07) is 8.52. The number of para-hydroxylation sites is 1. The molecule has 0 aliphatic rings. The number of nitrogens with one attached hydrogen (secondary N) is 1. The summed E-state index contributed by atoms with van der Waals surface area (Å²) in [4.78, 5) is 19.0. The molecular formula is C12H10N4O6S. The van der Waals surface area contributed by atoms with Crippen molar-refractivity contribution in [1.29, 1.82) is 0 Å².